The van der Waals surface area contributed by atoms with E-state index in [9.17, 15) is 13.6 Å². The summed E-state index contributed by atoms with van der Waals surface area (Å²) in [6.07, 6.45) is 1.54. The Morgan fingerprint density at radius 2 is 1.83 bits per heavy atom. The number of fused-ring (bicyclic) bond motifs is 1. The Labute approximate surface area is 174 Å². The Balaban J connectivity index is 1.74. The summed E-state index contributed by atoms with van der Waals surface area (Å²) in [6.45, 7) is 1.97. The van der Waals surface area contributed by atoms with Crippen LogP contribution in [0.25, 0.3) is 21.3 Å². The Hall–Kier alpha value is -3.03. The fourth-order valence-corrected chi connectivity index (χ4v) is 4.13. The van der Waals surface area contributed by atoms with Gasteiger partial charge in [0.2, 0.25) is 0 Å². The number of carbonyl (C=O) groups excluding carboxylic acids is 1. The van der Waals surface area contributed by atoms with Crippen LogP contribution < -0.4 is 10.6 Å². The largest absolute Gasteiger partial charge is 0.323 e. The number of nitrogens with one attached hydrogen (secondary N) is 2. The number of halogens is 3. The van der Waals surface area contributed by atoms with Crippen molar-refractivity contribution in [2.75, 3.05) is 10.6 Å². The summed E-state index contributed by atoms with van der Waals surface area (Å²) in [4.78, 5) is 17.6. The van der Waals surface area contributed by atoms with Gasteiger partial charge in [-0.15, -0.1) is 11.3 Å². The molecule has 4 aromatic rings. The number of rotatable bonds is 3. The molecule has 0 aliphatic rings. The number of amides is 2. The molecule has 0 unspecified atom stereocenters. The third-order valence-electron chi connectivity index (χ3n) is 4.37. The third kappa shape index (κ3) is 3.92. The maximum atomic E-state index is 13.8. The van der Waals surface area contributed by atoms with Crippen molar-refractivity contribution in [3.8, 4) is 11.1 Å². The second kappa shape index (κ2) is 7.77. The first-order valence-corrected chi connectivity index (χ1v) is 9.79. The van der Waals surface area contributed by atoms with Crippen LogP contribution in [0.2, 0.25) is 4.34 Å². The van der Waals surface area contributed by atoms with Crippen LogP contribution >= 0.6 is 22.9 Å². The highest BCUT2D eigenvalue weighted by atomic mass is 35.5. The van der Waals surface area contributed by atoms with Gasteiger partial charge in [0.15, 0.2) is 0 Å². The van der Waals surface area contributed by atoms with Crippen LogP contribution in [0.5, 0.6) is 0 Å². The molecule has 2 N–H and O–H groups in total. The Morgan fingerprint density at radius 1 is 1.07 bits per heavy atom. The summed E-state index contributed by atoms with van der Waals surface area (Å²) in [5.74, 6) is -1.59. The fraction of sp³-hybridized carbons (Fsp3) is 0.0476. The van der Waals surface area contributed by atoms with Gasteiger partial charge in [-0.25, -0.2) is 18.6 Å². The van der Waals surface area contributed by atoms with Crippen molar-refractivity contribution < 1.29 is 13.6 Å². The topological polar surface area (TPSA) is 54.0 Å². The smallest absolute Gasteiger partial charge is 0.306 e. The number of carbonyl (C=O) groups is 1. The van der Waals surface area contributed by atoms with Gasteiger partial charge in [0, 0.05) is 17.0 Å². The molecule has 0 atom stereocenters. The summed E-state index contributed by atoms with van der Waals surface area (Å²) in [7, 11) is 0. The minimum atomic E-state index is -0.863. The molecule has 29 heavy (non-hydrogen) atoms. The van der Waals surface area contributed by atoms with Gasteiger partial charge in [-0.3, -0.25) is 0 Å². The summed E-state index contributed by atoms with van der Waals surface area (Å²) < 4.78 is 27.5. The van der Waals surface area contributed by atoms with E-state index in [2.05, 4.69) is 15.6 Å². The van der Waals surface area contributed by atoms with Crippen molar-refractivity contribution >= 4 is 50.6 Å². The van der Waals surface area contributed by atoms with Crippen LogP contribution in [0, 0.1) is 18.6 Å². The maximum absolute atomic E-state index is 13.8. The number of benzene rings is 2. The van der Waals surface area contributed by atoms with Gasteiger partial charge in [0.1, 0.15) is 16.5 Å². The van der Waals surface area contributed by atoms with Crippen molar-refractivity contribution in [1.82, 2.24) is 4.98 Å². The van der Waals surface area contributed by atoms with Crippen LogP contribution in [0.4, 0.5) is 25.0 Å². The molecule has 2 aromatic carbocycles. The van der Waals surface area contributed by atoms with E-state index < -0.39 is 17.7 Å². The lowest BCUT2D eigenvalue weighted by molar-refractivity contribution is 0.262. The quantitative estimate of drug-likeness (QED) is 0.374. The van der Waals surface area contributed by atoms with E-state index >= 15 is 0 Å². The summed E-state index contributed by atoms with van der Waals surface area (Å²) in [5, 5.41) is 5.91. The molecule has 0 fully saturated rings. The molecule has 0 radical (unpaired) electrons. The number of anilines is 2. The number of nitrogens with zero attached hydrogens (tertiary/aromatic N) is 1. The Bertz CT molecular complexity index is 1240. The normalized spacial score (nSPS) is 10.9. The van der Waals surface area contributed by atoms with Crippen LogP contribution in [0.3, 0.4) is 0 Å². The molecule has 4 nitrogen and oxygen atoms in total. The van der Waals surface area contributed by atoms with E-state index in [0.717, 1.165) is 39.0 Å². The lowest BCUT2D eigenvalue weighted by atomic mass is 9.97. The minimum Gasteiger partial charge on any atom is -0.306 e. The highest BCUT2D eigenvalue weighted by molar-refractivity contribution is 7.22. The van der Waals surface area contributed by atoms with E-state index in [0.29, 0.717) is 16.1 Å². The number of pyridine rings is 1. The lowest BCUT2D eigenvalue weighted by Gasteiger charge is -2.15. The first-order chi connectivity index (χ1) is 13.9. The van der Waals surface area contributed by atoms with Crippen LogP contribution in [0.15, 0.2) is 54.7 Å². The van der Waals surface area contributed by atoms with E-state index in [1.165, 1.54) is 17.5 Å². The number of aromatic nitrogens is 1. The average Bonchev–Trinajstić information content (AvgIpc) is 3.05. The lowest BCUT2D eigenvalue weighted by Crippen LogP contribution is -2.20. The molecule has 0 spiro atoms. The van der Waals surface area contributed by atoms with E-state index in [4.69, 9.17) is 11.6 Å². The third-order valence-corrected chi connectivity index (χ3v) is 5.55. The summed E-state index contributed by atoms with van der Waals surface area (Å²) in [6, 6.07) is 11.8. The standard InChI is InChI=1S/C21H14ClF2N3OS/c1-11-4-2-3-5-13(11)19-14-9-18(22)29-20(14)25-10-17(19)27-21(28)26-16-7-6-12(23)8-15(16)24/h2-10H,1H3,(H2,26,27,28). The van der Waals surface area contributed by atoms with Gasteiger partial charge in [0.25, 0.3) is 0 Å². The molecule has 0 aliphatic heterocycles. The van der Waals surface area contributed by atoms with Crippen molar-refractivity contribution in [3.05, 3.63) is 76.3 Å². The van der Waals surface area contributed by atoms with Gasteiger partial charge >= 0.3 is 6.03 Å². The maximum Gasteiger partial charge on any atom is 0.323 e. The number of thiophene rings is 1. The molecule has 2 aromatic heterocycles. The highest BCUT2D eigenvalue weighted by Gasteiger charge is 2.17. The number of urea groups is 1. The Morgan fingerprint density at radius 3 is 2.59 bits per heavy atom. The van der Waals surface area contributed by atoms with Crippen molar-refractivity contribution in [1.29, 1.82) is 0 Å². The first kappa shape index (κ1) is 19.3. The van der Waals surface area contributed by atoms with E-state index in [-0.39, 0.29) is 5.69 Å². The predicted molar refractivity (Wildman–Crippen MR) is 114 cm³/mol. The predicted octanol–water partition coefficient (Wildman–Crippen LogP) is 6.85. The van der Waals surface area contributed by atoms with Crippen LogP contribution in [-0.2, 0) is 0 Å². The molecule has 0 saturated heterocycles. The van der Waals surface area contributed by atoms with Gasteiger partial charge in [0.05, 0.1) is 21.9 Å². The second-order valence-electron chi connectivity index (χ2n) is 6.33. The second-order valence-corrected chi connectivity index (χ2v) is 8.00. The van der Waals surface area contributed by atoms with Gasteiger partial charge in [-0.05, 0) is 36.2 Å². The zero-order valence-corrected chi connectivity index (χ0v) is 16.7. The number of hydrogen-bond acceptors (Lipinski definition) is 3. The molecular weight excluding hydrogens is 416 g/mol. The molecule has 146 valence electrons. The summed E-state index contributed by atoms with van der Waals surface area (Å²) >= 11 is 7.53. The number of hydrogen-bond donors (Lipinski definition) is 2. The summed E-state index contributed by atoms with van der Waals surface area (Å²) in [5.41, 5.74) is 3.01. The van der Waals surface area contributed by atoms with Crippen molar-refractivity contribution in [2.45, 2.75) is 6.92 Å². The highest BCUT2D eigenvalue weighted by Crippen LogP contribution is 2.40. The minimum absolute atomic E-state index is 0.131. The fourth-order valence-electron chi connectivity index (χ4n) is 3.06. The SMILES string of the molecule is Cc1ccccc1-c1c(NC(=O)Nc2ccc(F)cc2F)cnc2sc(Cl)cc12. The van der Waals surface area contributed by atoms with E-state index in [1.54, 1.807) is 6.07 Å². The van der Waals surface area contributed by atoms with Gasteiger partial charge < -0.3 is 10.6 Å². The van der Waals surface area contributed by atoms with Crippen LogP contribution in [-0.4, -0.2) is 11.0 Å². The molecule has 0 bridgehead atoms. The zero-order chi connectivity index (χ0) is 20.5. The monoisotopic (exact) mass is 429 g/mol. The molecular formula is C21H14ClF2N3OS. The molecule has 2 amide bonds. The van der Waals surface area contributed by atoms with Crippen molar-refractivity contribution in [2.24, 2.45) is 0 Å². The van der Waals surface area contributed by atoms with Gasteiger partial charge in [-0.2, -0.15) is 0 Å². The van der Waals surface area contributed by atoms with Gasteiger partial charge in [-0.1, -0.05) is 35.9 Å². The van der Waals surface area contributed by atoms with Crippen LogP contribution in [0.1, 0.15) is 5.56 Å². The van der Waals surface area contributed by atoms with E-state index in [1.807, 2.05) is 31.2 Å². The number of aryl methyl sites for hydroxylation is 1. The average molecular weight is 430 g/mol. The molecule has 8 heteroatoms. The zero-order valence-electron chi connectivity index (χ0n) is 15.1. The first-order valence-electron chi connectivity index (χ1n) is 8.59. The molecule has 4 rings (SSSR count). The molecule has 0 aliphatic carbocycles. The van der Waals surface area contributed by atoms with Crippen molar-refractivity contribution in [3.63, 3.8) is 0 Å². The molecule has 0 saturated carbocycles. The Kier molecular flexibility index (Phi) is 5.17. The molecule has 2 heterocycles.